The summed E-state index contributed by atoms with van der Waals surface area (Å²) in [6.07, 6.45) is 3.11. The summed E-state index contributed by atoms with van der Waals surface area (Å²) in [5.41, 5.74) is 6.13. The van der Waals surface area contributed by atoms with Gasteiger partial charge >= 0.3 is 0 Å². The first-order valence-electron chi connectivity index (χ1n) is 6.01. The Kier molecular flexibility index (Phi) is 3.99. The van der Waals surface area contributed by atoms with Crippen LogP contribution in [0.15, 0.2) is 27.6 Å². The number of rotatable bonds is 5. The van der Waals surface area contributed by atoms with Gasteiger partial charge in [-0.2, -0.15) is 0 Å². The average Bonchev–Trinajstić information content (AvgIpc) is 3.00. The van der Waals surface area contributed by atoms with Crippen molar-refractivity contribution in [2.24, 2.45) is 5.92 Å². The van der Waals surface area contributed by atoms with Crippen molar-refractivity contribution in [2.75, 3.05) is 5.73 Å². The third-order valence-corrected chi connectivity index (χ3v) is 5.38. The molecule has 0 aliphatic heterocycles. The Morgan fingerprint density at radius 3 is 2.83 bits per heavy atom. The molecule has 0 heterocycles. The molecule has 4 nitrogen and oxygen atoms in total. The number of benzene rings is 1. The molecule has 1 aromatic rings. The molecule has 18 heavy (non-hydrogen) atoms. The van der Waals surface area contributed by atoms with Crippen molar-refractivity contribution in [2.45, 2.75) is 37.1 Å². The lowest BCUT2D eigenvalue weighted by atomic mass is 10.2. The average molecular weight is 333 g/mol. The van der Waals surface area contributed by atoms with Crippen LogP contribution in [0.2, 0.25) is 0 Å². The summed E-state index contributed by atoms with van der Waals surface area (Å²) in [5.74, 6) is 0.498. The molecule has 2 unspecified atom stereocenters. The monoisotopic (exact) mass is 332 g/mol. The van der Waals surface area contributed by atoms with Crippen molar-refractivity contribution in [3.63, 3.8) is 0 Å². The highest BCUT2D eigenvalue weighted by atomic mass is 79.9. The van der Waals surface area contributed by atoms with Gasteiger partial charge in [0.25, 0.3) is 0 Å². The van der Waals surface area contributed by atoms with Crippen LogP contribution in [0.3, 0.4) is 0 Å². The van der Waals surface area contributed by atoms with Gasteiger partial charge in [-0.15, -0.1) is 0 Å². The number of sulfonamides is 1. The lowest BCUT2D eigenvalue weighted by molar-refractivity contribution is 0.573. The maximum atomic E-state index is 12.1. The molecule has 1 fully saturated rings. The highest BCUT2D eigenvalue weighted by Gasteiger charge is 2.39. The van der Waals surface area contributed by atoms with Crippen LogP contribution < -0.4 is 10.5 Å². The zero-order valence-corrected chi connectivity index (χ0v) is 12.6. The quantitative estimate of drug-likeness (QED) is 0.813. The lowest BCUT2D eigenvalue weighted by Gasteiger charge is -2.07. The Balaban J connectivity index is 2.09. The molecule has 1 aromatic carbocycles. The Bertz CT molecular complexity index is 545. The van der Waals surface area contributed by atoms with Gasteiger partial charge in [-0.3, -0.25) is 0 Å². The number of hydrogen-bond donors (Lipinski definition) is 2. The van der Waals surface area contributed by atoms with Crippen molar-refractivity contribution in [1.29, 1.82) is 0 Å². The summed E-state index contributed by atoms with van der Waals surface area (Å²) in [5, 5.41) is 0. The molecule has 6 heteroatoms. The van der Waals surface area contributed by atoms with E-state index in [0.29, 0.717) is 16.1 Å². The molecule has 0 spiro atoms. The summed E-state index contributed by atoms with van der Waals surface area (Å²) in [4.78, 5) is 0.227. The molecule has 0 amide bonds. The van der Waals surface area contributed by atoms with Crippen LogP contribution in [0.1, 0.15) is 26.2 Å². The van der Waals surface area contributed by atoms with E-state index < -0.39 is 10.0 Å². The minimum Gasteiger partial charge on any atom is -0.398 e. The van der Waals surface area contributed by atoms with Gasteiger partial charge in [0.1, 0.15) is 0 Å². The van der Waals surface area contributed by atoms with E-state index in [2.05, 4.69) is 27.6 Å². The van der Waals surface area contributed by atoms with Gasteiger partial charge in [0, 0.05) is 16.2 Å². The Morgan fingerprint density at radius 1 is 1.50 bits per heavy atom. The first-order chi connectivity index (χ1) is 8.44. The molecular weight excluding hydrogens is 316 g/mol. The first-order valence-corrected chi connectivity index (χ1v) is 8.29. The summed E-state index contributed by atoms with van der Waals surface area (Å²) in [7, 11) is -3.44. The van der Waals surface area contributed by atoms with Crippen molar-refractivity contribution in [3.8, 4) is 0 Å². The normalized spacial score (nSPS) is 23.0. The fourth-order valence-electron chi connectivity index (χ4n) is 2.04. The second-order valence-electron chi connectivity index (χ2n) is 4.70. The van der Waals surface area contributed by atoms with Gasteiger partial charge in [0.15, 0.2) is 0 Å². The third-order valence-electron chi connectivity index (χ3n) is 3.17. The van der Waals surface area contributed by atoms with Gasteiger partial charge in [-0.1, -0.05) is 13.3 Å². The Labute approximate surface area is 116 Å². The van der Waals surface area contributed by atoms with Gasteiger partial charge < -0.3 is 5.73 Å². The van der Waals surface area contributed by atoms with E-state index >= 15 is 0 Å². The van der Waals surface area contributed by atoms with E-state index in [9.17, 15) is 8.42 Å². The van der Waals surface area contributed by atoms with E-state index in [4.69, 9.17) is 5.73 Å². The van der Waals surface area contributed by atoms with Crippen LogP contribution in [0, 0.1) is 5.92 Å². The molecule has 0 bridgehead atoms. The van der Waals surface area contributed by atoms with Crippen molar-refractivity contribution in [1.82, 2.24) is 4.72 Å². The van der Waals surface area contributed by atoms with E-state index in [1.54, 1.807) is 12.1 Å². The standard InChI is InChI=1S/C12H17BrN2O2S/c1-2-3-8-6-12(8)15-18(16,17)9-4-5-10(13)11(14)7-9/h4-5,7-8,12,15H,2-3,6,14H2,1H3. The molecule has 1 aliphatic rings. The minimum atomic E-state index is -3.44. The predicted molar refractivity (Wildman–Crippen MR) is 75.7 cm³/mol. The SMILES string of the molecule is CCCC1CC1NS(=O)(=O)c1ccc(Br)c(N)c1. The highest BCUT2D eigenvalue weighted by molar-refractivity contribution is 9.10. The van der Waals surface area contributed by atoms with Crippen LogP contribution in [0.4, 0.5) is 5.69 Å². The smallest absolute Gasteiger partial charge is 0.240 e. The highest BCUT2D eigenvalue weighted by Crippen LogP contribution is 2.36. The molecule has 0 aromatic heterocycles. The fourth-order valence-corrected chi connectivity index (χ4v) is 3.64. The van der Waals surface area contributed by atoms with E-state index in [1.165, 1.54) is 6.07 Å². The number of hydrogen-bond acceptors (Lipinski definition) is 3. The predicted octanol–water partition coefficient (Wildman–Crippen LogP) is 2.50. The van der Waals surface area contributed by atoms with Crippen LogP contribution in [0.25, 0.3) is 0 Å². The van der Waals surface area contributed by atoms with Gasteiger partial charge in [-0.05, 0) is 52.9 Å². The van der Waals surface area contributed by atoms with E-state index in [1.807, 2.05) is 0 Å². The maximum absolute atomic E-state index is 12.1. The molecule has 2 atom stereocenters. The topological polar surface area (TPSA) is 72.2 Å². The van der Waals surface area contributed by atoms with Gasteiger partial charge in [-0.25, -0.2) is 13.1 Å². The van der Waals surface area contributed by atoms with E-state index in [0.717, 1.165) is 19.3 Å². The van der Waals surface area contributed by atoms with Gasteiger partial charge in [0.2, 0.25) is 10.0 Å². The van der Waals surface area contributed by atoms with Crippen molar-refractivity contribution in [3.05, 3.63) is 22.7 Å². The number of anilines is 1. The summed E-state index contributed by atoms with van der Waals surface area (Å²) in [6.45, 7) is 2.11. The van der Waals surface area contributed by atoms with Gasteiger partial charge in [0.05, 0.1) is 4.90 Å². The Hall–Kier alpha value is -0.590. The molecule has 0 saturated heterocycles. The summed E-state index contributed by atoms with van der Waals surface area (Å²) >= 11 is 3.25. The van der Waals surface area contributed by atoms with Crippen LogP contribution in [0.5, 0.6) is 0 Å². The van der Waals surface area contributed by atoms with Crippen molar-refractivity contribution >= 4 is 31.6 Å². The number of nitrogens with two attached hydrogens (primary N) is 1. The lowest BCUT2D eigenvalue weighted by Crippen LogP contribution is -2.27. The molecule has 3 N–H and O–H groups in total. The molecule has 1 saturated carbocycles. The first kappa shape index (κ1) is 13.8. The Morgan fingerprint density at radius 2 is 2.22 bits per heavy atom. The van der Waals surface area contributed by atoms with Crippen LogP contribution >= 0.6 is 15.9 Å². The van der Waals surface area contributed by atoms with Crippen molar-refractivity contribution < 1.29 is 8.42 Å². The zero-order chi connectivity index (χ0) is 13.3. The fraction of sp³-hybridized carbons (Fsp3) is 0.500. The maximum Gasteiger partial charge on any atom is 0.240 e. The van der Waals surface area contributed by atoms with Crippen LogP contribution in [-0.4, -0.2) is 14.5 Å². The second kappa shape index (κ2) is 5.19. The molecule has 1 aliphatic carbocycles. The second-order valence-corrected chi connectivity index (χ2v) is 7.26. The molecule has 2 rings (SSSR count). The molecule has 100 valence electrons. The molecule has 0 radical (unpaired) electrons. The minimum absolute atomic E-state index is 0.0971. The number of nitrogens with one attached hydrogen (secondary N) is 1. The van der Waals surface area contributed by atoms with Crippen LogP contribution in [-0.2, 0) is 10.0 Å². The number of halogens is 1. The number of nitrogen functional groups attached to an aromatic ring is 1. The van der Waals surface area contributed by atoms with E-state index in [-0.39, 0.29) is 10.9 Å². The largest absolute Gasteiger partial charge is 0.398 e. The zero-order valence-electron chi connectivity index (χ0n) is 10.2. The summed E-state index contributed by atoms with van der Waals surface area (Å²) < 4.78 is 27.7. The summed E-state index contributed by atoms with van der Waals surface area (Å²) in [6, 6.07) is 4.78. The molecular formula is C12H17BrN2O2S. The third kappa shape index (κ3) is 3.05.